The molecule has 0 saturated carbocycles. The molecule has 0 bridgehead atoms. The van der Waals surface area contributed by atoms with Crippen molar-refractivity contribution in [3.63, 3.8) is 0 Å². The van der Waals surface area contributed by atoms with E-state index in [9.17, 15) is 5.11 Å². The van der Waals surface area contributed by atoms with Crippen LogP contribution in [0, 0.1) is 5.92 Å². The first kappa shape index (κ1) is 16.8. The molecule has 0 aromatic heterocycles. The van der Waals surface area contributed by atoms with Gasteiger partial charge in [0, 0.05) is 18.1 Å². The second-order valence-electron chi connectivity index (χ2n) is 4.39. The van der Waals surface area contributed by atoms with Gasteiger partial charge in [-0.05, 0) is 11.1 Å². The lowest BCUT2D eigenvalue weighted by molar-refractivity contribution is -0.493. The topological polar surface area (TPSA) is 109 Å². The van der Waals surface area contributed by atoms with E-state index in [-0.39, 0.29) is 19.0 Å². The first-order valence-corrected chi connectivity index (χ1v) is 6.22. The standard InChI is InChI=1S/C13H20O7/c1-9(6-14)13(11(17)8-16)19-20-18-12-5-3-2-4-10(12)7-15/h2-5,9,11,13-17H,6-8H2,1H3. The predicted molar refractivity (Wildman–Crippen MR) is 68.3 cm³/mol. The lowest BCUT2D eigenvalue weighted by Crippen LogP contribution is -2.39. The highest BCUT2D eigenvalue weighted by molar-refractivity contribution is 5.31. The predicted octanol–water partition coefficient (Wildman–Crippen LogP) is -0.229. The van der Waals surface area contributed by atoms with Crippen LogP contribution in [0.15, 0.2) is 24.3 Å². The van der Waals surface area contributed by atoms with Crippen molar-refractivity contribution in [3.8, 4) is 5.75 Å². The van der Waals surface area contributed by atoms with Crippen molar-refractivity contribution in [1.29, 1.82) is 0 Å². The third-order valence-electron chi connectivity index (χ3n) is 2.83. The Morgan fingerprint density at radius 1 is 1.10 bits per heavy atom. The van der Waals surface area contributed by atoms with E-state index in [4.69, 9.17) is 25.1 Å². The smallest absolute Gasteiger partial charge is 0.174 e. The van der Waals surface area contributed by atoms with Crippen LogP contribution < -0.4 is 4.89 Å². The Balaban J connectivity index is 2.55. The van der Waals surface area contributed by atoms with E-state index in [0.29, 0.717) is 5.56 Å². The Labute approximate surface area is 116 Å². The highest BCUT2D eigenvalue weighted by Crippen LogP contribution is 2.19. The van der Waals surface area contributed by atoms with Gasteiger partial charge in [0.1, 0.15) is 12.2 Å². The molecule has 3 atom stereocenters. The maximum absolute atomic E-state index is 9.56. The SMILES string of the molecule is CC(CO)C(OOOc1ccccc1CO)C(O)CO. The van der Waals surface area contributed by atoms with Crippen molar-refractivity contribution in [2.75, 3.05) is 13.2 Å². The Bertz CT molecular complexity index is 375. The molecule has 7 nitrogen and oxygen atoms in total. The van der Waals surface area contributed by atoms with Crippen molar-refractivity contribution in [2.24, 2.45) is 5.92 Å². The summed E-state index contributed by atoms with van der Waals surface area (Å²) in [7, 11) is 0. The molecule has 0 spiro atoms. The molecule has 0 aliphatic carbocycles. The summed E-state index contributed by atoms with van der Waals surface area (Å²) in [5.74, 6) is -0.197. The third kappa shape index (κ3) is 4.71. The number of rotatable bonds is 9. The molecule has 0 aliphatic rings. The largest absolute Gasteiger partial charge is 0.396 e. The van der Waals surface area contributed by atoms with Crippen molar-refractivity contribution < 1.29 is 35.2 Å². The molecule has 7 heteroatoms. The summed E-state index contributed by atoms with van der Waals surface area (Å²) in [6.07, 6.45) is -2.17. The molecule has 3 unspecified atom stereocenters. The molecule has 0 amide bonds. The number of hydrogen-bond acceptors (Lipinski definition) is 7. The fourth-order valence-corrected chi connectivity index (χ4v) is 1.56. The highest BCUT2D eigenvalue weighted by atomic mass is 17.5. The molecule has 4 N–H and O–H groups in total. The highest BCUT2D eigenvalue weighted by Gasteiger charge is 2.27. The van der Waals surface area contributed by atoms with Crippen LogP contribution in [0.3, 0.4) is 0 Å². The van der Waals surface area contributed by atoms with Gasteiger partial charge in [0.2, 0.25) is 0 Å². The summed E-state index contributed by atoms with van der Waals surface area (Å²) in [5.41, 5.74) is 0.505. The maximum atomic E-state index is 9.56. The molecule has 20 heavy (non-hydrogen) atoms. The number of benzene rings is 1. The van der Waals surface area contributed by atoms with Crippen molar-refractivity contribution in [3.05, 3.63) is 29.8 Å². The normalized spacial score (nSPS) is 15.7. The van der Waals surface area contributed by atoms with E-state index in [2.05, 4.69) is 5.04 Å². The first-order valence-electron chi connectivity index (χ1n) is 6.22. The molecule has 0 aliphatic heterocycles. The summed E-state index contributed by atoms with van der Waals surface area (Å²) in [5, 5.41) is 41.2. The molecule has 1 aromatic carbocycles. The van der Waals surface area contributed by atoms with Crippen molar-refractivity contribution >= 4 is 0 Å². The minimum absolute atomic E-state index is 0.227. The Morgan fingerprint density at radius 2 is 1.80 bits per heavy atom. The quantitative estimate of drug-likeness (QED) is 0.367. The monoisotopic (exact) mass is 288 g/mol. The molecular formula is C13H20O7. The maximum Gasteiger partial charge on any atom is 0.174 e. The van der Waals surface area contributed by atoms with Crippen LogP contribution in [0.25, 0.3) is 0 Å². The van der Waals surface area contributed by atoms with Gasteiger partial charge in [-0.15, -0.1) is 0 Å². The lowest BCUT2D eigenvalue weighted by atomic mass is 10.0. The molecule has 0 radical (unpaired) electrons. The van der Waals surface area contributed by atoms with Gasteiger partial charge in [-0.2, -0.15) is 4.89 Å². The molecule has 1 aromatic rings. The molecule has 0 heterocycles. The van der Waals surface area contributed by atoms with Crippen LogP contribution in [-0.4, -0.2) is 45.8 Å². The number of para-hydroxylation sites is 1. The van der Waals surface area contributed by atoms with Gasteiger partial charge in [-0.3, -0.25) is 0 Å². The van der Waals surface area contributed by atoms with Crippen LogP contribution >= 0.6 is 0 Å². The fourth-order valence-electron chi connectivity index (χ4n) is 1.56. The van der Waals surface area contributed by atoms with E-state index in [1.165, 1.54) is 0 Å². The van der Waals surface area contributed by atoms with E-state index in [1.807, 2.05) is 0 Å². The van der Waals surface area contributed by atoms with E-state index in [1.54, 1.807) is 31.2 Å². The minimum Gasteiger partial charge on any atom is -0.396 e. The molecule has 114 valence electrons. The summed E-state index contributed by atoms with van der Waals surface area (Å²) in [4.78, 5) is 9.77. The number of aliphatic hydroxyl groups is 4. The third-order valence-corrected chi connectivity index (χ3v) is 2.83. The zero-order valence-corrected chi connectivity index (χ0v) is 11.2. The van der Waals surface area contributed by atoms with Gasteiger partial charge in [0.05, 0.1) is 13.2 Å². The number of hydrogen-bond donors (Lipinski definition) is 4. The van der Waals surface area contributed by atoms with Crippen LogP contribution in [0.2, 0.25) is 0 Å². The van der Waals surface area contributed by atoms with Crippen LogP contribution in [0.4, 0.5) is 0 Å². The Hall–Kier alpha value is -1.22. The van der Waals surface area contributed by atoms with Crippen LogP contribution in [-0.2, 0) is 16.5 Å². The summed E-state index contributed by atoms with van der Waals surface area (Å²) in [6, 6.07) is 6.64. The fraction of sp³-hybridized carbons (Fsp3) is 0.538. The average Bonchev–Trinajstić information content (AvgIpc) is 2.50. The zero-order valence-electron chi connectivity index (χ0n) is 11.2. The van der Waals surface area contributed by atoms with Gasteiger partial charge in [-0.25, -0.2) is 0 Å². The molecule has 1 rings (SSSR count). The summed E-state index contributed by atoms with van der Waals surface area (Å²) >= 11 is 0. The average molecular weight is 288 g/mol. The Morgan fingerprint density at radius 3 is 2.40 bits per heavy atom. The van der Waals surface area contributed by atoms with Gasteiger partial charge in [0.15, 0.2) is 5.75 Å². The molecular weight excluding hydrogens is 268 g/mol. The van der Waals surface area contributed by atoms with Crippen LogP contribution in [0.1, 0.15) is 12.5 Å². The van der Waals surface area contributed by atoms with Crippen molar-refractivity contribution in [1.82, 2.24) is 0 Å². The van der Waals surface area contributed by atoms with Gasteiger partial charge < -0.3 is 25.3 Å². The zero-order chi connectivity index (χ0) is 15.0. The Kier molecular flexibility index (Phi) is 7.45. The molecule has 0 fully saturated rings. The van der Waals surface area contributed by atoms with Gasteiger partial charge >= 0.3 is 0 Å². The second-order valence-corrected chi connectivity index (χ2v) is 4.39. The minimum atomic E-state index is -1.21. The second kappa shape index (κ2) is 8.85. The summed E-state index contributed by atoms with van der Waals surface area (Å²) in [6.45, 7) is 0.605. The van der Waals surface area contributed by atoms with E-state index in [0.717, 1.165) is 0 Å². The van der Waals surface area contributed by atoms with Crippen molar-refractivity contribution in [2.45, 2.75) is 25.7 Å². The number of aliphatic hydroxyl groups excluding tert-OH is 4. The van der Waals surface area contributed by atoms with E-state index < -0.39 is 24.7 Å². The molecule has 0 saturated heterocycles. The lowest BCUT2D eigenvalue weighted by Gasteiger charge is -2.24. The van der Waals surface area contributed by atoms with Crippen LogP contribution in [0.5, 0.6) is 5.75 Å². The summed E-state index contributed by atoms with van der Waals surface area (Å²) < 4.78 is 0. The van der Waals surface area contributed by atoms with E-state index >= 15 is 0 Å². The first-order chi connectivity index (χ1) is 9.63. The van der Waals surface area contributed by atoms with Gasteiger partial charge in [0.25, 0.3) is 0 Å². The van der Waals surface area contributed by atoms with Gasteiger partial charge in [-0.1, -0.05) is 25.1 Å².